The van der Waals surface area contributed by atoms with E-state index in [4.69, 9.17) is 4.74 Å². The molecular formula is C14H21NO2. The maximum Gasteiger partial charge on any atom is 0.126 e. The van der Waals surface area contributed by atoms with Crippen molar-refractivity contribution >= 4 is 0 Å². The lowest BCUT2D eigenvalue weighted by atomic mass is 9.81. The van der Waals surface area contributed by atoms with Crippen molar-refractivity contribution < 1.29 is 9.84 Å². The molecule has 0 bridgehead atoms. The van der Waals surface area contributed by atoms with Gasteiger partial charge in [-0.25, -0.2) is 0 Å². The molecule has 1 aliphatic heterocycles. The fourth-order valence-corrected chi connectivity index (χ4v) is 2.67. The van der Waals surface area contributed by atoms with Gasteiger partial charge in [0, 0.05) is 6.07 Å². The SMILES string of the molecule is COc1cc(O)ccc1C(C)C1CCNCC1. The Morgan fingerprint density at radius 3 is 2.71 bits per heavy atom. The minimum atomic E-state index is 0.267. The van der Waals surface area contributed by atoms with Crippen molar-refractivity contribution in [2.45, 2.75) is 25.7 Å². The lowest BCUT2D eigenvalue weighted by molar-refractivity contribution is 0.320. The Balaban J connectivity index is 2.19. The molecule has 2 rings (SSSR count). The van der Waals surface area contributed by atoms with E-state index in [-0.39, 0.29) is 5.75 Å². The molecule has 0 aliphatic carbocycles. The summed E-state index contributed by atoms with van der Waals surface area (Å²) in [6.07, 6.45) is 2.43. The molecule has 1 aromatic rings. The van der Waals surface area contributed by atoms with Crippen molar-refractivity contribution in [3.63, 3.8) is 0 Å². The van der Waals surface area contributed by atoms with E-state index >= 15 is 0 Å². The average Bonchev–Trinajstić information content (AvgIpc) is 2.39. The van der Waals surface area contributed by atoms with Crippen LogP contribution in [-0.2, 0) is 0 Å². The highest BCUT2D eigenvalue weighted by atomic mass is 16.5. The molecule has 1 aromatic carbocycles. The number of ether oxygens (including phenoxy) is 1. The Hall–Kier alpha value is -1.22. The third-order valence-corrected chi connectivity index (χ3v) is 3.80. The van der Waals surface area contributed by atoms with Crippen LogP contribution in [0, 0.1) is 5.92 Å². The van der Waals surface area contributed by atoms with Gasteiger partial charge in [-0.3, -0.25) is 0 Å². The van der Waals surface area contributed by atoms with Gasteiger partial charge in [-0.15, -0.1) is 0 Å². The number of phenols is 1. The van der Waals surface area contributed by atoms with Crippen LogP contribution in [0.25, 0.3) is 0 Å². The molecule has 0 spiro atoms. The molecule has 1 unspecified atom stereocenters. The molecule has 1 atom stereocenters. The molecule has 0 amide bonds. The zero-order valence-corrected chi connectivity index (χ0v) is 10.6. The average molecular weight is 235 g/mol. The summed E-state index contributed by atoms with van der Waals surface area (Å²) in [6, 6.07) is 5.43. The zero-order valence-electron chi connectivity index (χ0n) is 10.6. The van der Waals surface area contributed by atoms with Gasteiger partial charge in [0.05, 0.1) is 7.11 Å². The fourth-order valence-electron chi connectivity index (χ4n) is 2.67. The van der Waals surface area contributed by atoms with Crippen LogP contribution in [0.3, 0.4) is 0 Å². The van der Waals surface area contributed by atoms with E-state index in [9.17, 15) is 5.11 Å². The van der Waals surface area contributed by atoms with Crippen LogP contribution in [0.15, 0.2) is 18.2 Å². The maximum atomic E-state index is 9.47. The van der Waals surface area contributed by atoms with E-state index in [2.05, 4.69) is 12.2 Å². The highest BCUT2D eigenvalue weighted by Crippen LogP contribution is 2.37. The van der Waals surface area contributed by atoms with E-state index in [1.165, 1.54) is 18.4 Å². The van der Waals surface area contributed by atoms with Crippen LogP contribution in [0.5, 0.6) is 11.5 Å². The van der Waals surface area contributed by atoms with Gasteiger partial charge in [-0.05, 0) is 49.4 Å². The van der Waals surface area contributed by atoms with E-state index < -0.39 is 0 Å². The van der Waals surface area contributed by atoms with E-state index in [0.29, 0.717) is 11.8 Å². The summed E-state index contributed by atoms with van der Waals surface area (Å²) < 4.78 is 5.36. The quantitative estimate of drug-likeness (QED) is 0.845. The van der Waals surface area contributed by atoms with Crippen LogP contribution in [-0.4, -0.2) is 25.3 Å². The van der Waals surface area contributed by atoms with Crippen LogP contribution in [0.2, 0.25) is 0 Å². The number of benzene rings is 1. The van der Waals surface area contributed by atoms with Crippen molar-refractivity contribution in [1.82, 2.24) is 5.32 Å². The predicted molar refractivity (Wildman–Crippen MR) is 68.7 cm³/mol. The summed E-state index contributed by atoms with van der Waals surface area (Å²) in [4.78, 5) is 0. The second-order valence-electron chi connectivity index (χ2n) is 4.80. The first-order valence-corrected chi connectivity index (χ1v) is 6.30. The Labute approximate surface area is 103 Å². The summed E-state index contributed by atoms with van der Waals surface area (Å²) >= 11 is 0. The van der Waals surface area contributed by atoms with Gasteiger partial charge in [0.25, 0.3) is 0 Å². The van der Waals surface area contributed by atoms with Crippen LogP contribution in [0.1, 0.15) is 31.2 Å². The summed E-state index contributed by atoms with van der Waals surface area (Å²) in [7, 11) is 1.66. The number of aromatic hydroxyl groups is 1. The number of piperidine rings is 1. The molecule has 17 heavy (non-hydrogen) atoms. The highest BCUT2D eigenvalue weighted by Gasteiger charge is 2.23. The maximum absolute atomic E-state index is 9.47. The minimum Gasteiger partial charge on any atom is -0.508 e. The molecule has 0 radical (unpaired) electrons. The van der Waals surface area contributed by atoms with Gasteiger partial charge in [0.15, 0.2) is 0 Å². The van der Waals surface area contributed by atoms with Crippen molar-refractivity contribution in [3.05, 3.63) is 23.8 Å². The molecule has 0 aromatic heterocycles. The first kappa shape index (κ1) is 12.2. The molecular weight excluding hydrogens is 214 g/mol. The van der Waals surface area contributed by atoms with Crippen molar-refractivity contribution in [3.8, 4) is 11.5 Å². The molecule has 0 saturated carbocycles. The van der Waals surface area contributed by atoms with Gasteiger partial charge >= 0.3 is 0 Å². The minimum absolute atomic E-state index is 0.267. The van der Waals surface area contributed by atoms with Gasteiger partial charge in [-0.1, -0.05) is 13.0 Å². The second-order valence-corrected chi connectivity index (χ2v) is 4.80. The number of hydrogen-bond donors (Lipinski definition) is 2. The molecule has 3 heteroatoms. The van der Waals surface area contributed by atoms with E-state index in [1.807, 2.05) is 6.07 Å². The summed E-state index contributed by atoms with van der Waals surface area (Å²) in [5.74, 6) is 2.25. The van der Waals surface area contributed by atoms with Crippen molar-refractivity contribution in [2.24, 2.45) is 5.92 Å². The van der Waals surface area contributed by atoms with Gasteiger partial charge in [0.1, 0.15) is 11.5 Å². The fraction of sp³-hybridized carbons (Fsp3) is 0.571. The lowest BCUT2D eigenvalue weighted by Gasteiger charge is -2.29. The van der Waals surface area contributed by atoms with Crippen LogP contribution >= 0.6 is 0 Å². The van der Waals surface area contributed by atoms with E-state index in [1.54, 1.807) is 19.2 Å². The smallest absolute Gasteiger partial charge is 0.126 e. The third-order valence-electron chi connectivity index (χ3n) is 3.80. The summed E-state index contributed by atoms with van der Waals surface area (Å²) in [5.41, 5.74) is 1.21. The predicted octanol–water partition coefficient (Wildman–Crippen LogP) is 2.50. The monoisotopic (exact) mass is 235 g/mol. The number of methoxy groups -OCH3 is 1. The zero-order chi connectivity index (χ0) is 12.3. The molecule has 3 nitrogen and oxygen atoms in total. The first-order chi connectivity index (χ1) is 8.22. The van der Waals surface area contributed by atoms with Crippen LogP contribution in [0.4, 0.5) is 0 Å². The molecule has 1 fully saturated rings. The molecule has 2 N–H and O–H groups in total. The van der Waals surface area contributed by atoms with E-state index in [0.717, 1.165) is 18.8 Å². The van der Waals surface area contributed by atoms with Crippen molar-refractivity contribution in [2.75, 3.05) is 20.2 Å². The summed E-state index contributed by atoms with van der Waals surface area (Å²) in [5, 5.41) is 12.9. The molecule has 1 aliphatic rings. The first-order valence-electron chi connectivity index (χ1n) is 6.30. The number of nitrogens with one attached hydrogen (secondary N) is 1. The van der Waals surface area contributed by atoms with Crippen molar-refractivity contribution in [1.29, 1.82) is 0 Å². The number of hydrogen-bond acceptors (Lipinski definition) is 3. The lowest BCUT2D eigenvalue weighted by Crippen LogP contribution is -2.30. The molecule has 1 heterocycles. The number of rotatable bonds is 3. The largest absolute Gasteiger partial charge is 0.508 e. The highest BCUT2D eigenvalue weighted by molar-refractivity contribution is 5.42. The topological polar surface area (TPSA) is 41.5 Å². The van der Waals surface area contributed by atoms with Crippen LogP contribution < -0.4 is 10.1 Å². The Kier molecular flexibility index (Phi) is 3.89. The molecule has 94 valence electrons. The Morgan fingerprint density at radius 2 is 2.06 bits per heavy atom. The molecule has 1 saturated heterocycles. The Bertz CT molecular complexity index is 372. The van der Waals surface area contributed by atoms with Gasteiger partial charge in [0.2, 0.25) is 0 Å². The van der Waals surface area contributed by atoms with Gasteiger partial charge < -0.3 is 15.2 Å². The Morgan fingerprint density at radius 1 is 1.35 bits per heavy atom. The standard InChI is InChI=1S/C14H21NO2/c1-10(11-5-7-15-8-6-11)13-4-3-12(16)9-14(13)17-2/h3-4,9-11,15-16H,5-8H2,1-2H3. The number of phenolic OH excluding ortho intramolecular Hbond substituents is 1. The third kappa shape index (κ3) is 2.72. The second kappa shape index (κ2) is 5.41. The normalized spacial score (nSPS) is 18.9. The van der Waals surface area contributed by atoms with Gasteiger partial charge in [-0.2, -0.15) is 0 Å². The summed E-state index contributed by atoms with van der Waals surface area (Å²) in [6.45, 7) is 4.47.